The zero-order chi connectivity index (χ0) is 44.1. The Labute approximate surface area is 377 Å². The molecule has 2 aromatic heterocycles. The van der Waals surface area contributed by atoms with E-state index in [0.717, 1.165) is 55.9 Å². The summed E-state index contributed by atoms with van der Waals surface area (Å²) in [4.78, 5) is 31.3. The lowest BCUT2D eigenvalue weighted by atomic mass is 9.99. The summed E-state index contributed by atoms with van der Waals surface area (Å²) in [5.74, 6) is 1.60. The van der Waals surface area contributed by atoms with Gasteiger partial charge in [-0.05, 0) is 47.9 Å². The van der Waals surface area contributed by atoms with Gasteiger partial charge in [0, 0.05) is 34.2 Å². The molecule has 10 nitrogen and oxygen atoms in total. The lowest BCUT2D eigenvalue weighted by Gasteiger charge is -2.09. The van der Waals surface area contributed by atoms with E-state index >= 15 is 0 Å². The van der Waals surface area contributed by atoms with Crippen LogP contribution in [-0.4, -0.2) is 45.3 Å². The minimum Gasteiger partial charge on any atom is -0.493 e. The number of rotatable bonds is 15. The van der Waals surface area contributed by atoms with Gasteiger partial charge in [0.25, 0.3) is 0 Å². The molecule has 7 aromatic carbocycles. The van der Waals surface area contributed by atoms with E-state index in [2.05, 4.69) is 0 Å². The Morgan fingerprint density at radius 1 is 0.462 bits per heavy atom. The molecule has 0 aliphatic heterocycles. The monoisotopic (exact) mass is 862 g/mol. The molecule has 0 spiro atoms. The number of hydrogen-bond donors (Lipinski definition) is 2. The van der Waals surface area contributed by atoms with Crippen LogP contribution in [0.2, 0.25) is 0 Å². The first kappa shape index (κ1) is 44.6. The molecule has 0 bridgehead atoms. The van der Waals surface area contributed by atoms with E-state index in [1.807, 2.05) is 188 Å². The average Bonchev–Trinajstić information content (AvgIpc) is 4.00. The Bertz CT molecular complexity index is 2830. The van der Waals surface area contributed by atoms with Gasteiger partial charge in [-0.2, -0.15) is 0 Å². The van der Waals surface area contributed by atoms with Gasteiger partial charge in [0.05, 0.1) is 12.2 Å². The van der Waals surface area contributed by atoms with Crippen LogP contribution in [0.25, 0.3) is 79.2 Å². The summed E-state index contributed by atoms with van der Waals surface area (Å²) in [6, 6.07) is 62.4. The van der Waals surface area contributed by atoms with Crippen molar-refractivity contribution in [1.82, 2.24) is 9.97 Å². The molecular formula is C55H46N2O8. The molecule has 0 saturated carbocycles. The first-order valence-corrected chi connectivity index (χ1v) is 20.6. The maximum Gasteiger partial charge on any atom is 0.341 e. The lowest BCUT2D eigenvalue weighted by molar-refractivity contribution is -0.139. The van der Waals surface area contributed by atoms with E-state index in [1.165, 1.54) is 0 Å². The van der Waals surface area contributed by atoms with Crippen LogP contribution in [-0.2, 0) is 9.59 Å². The fraction of sp³-hybridized carbons (Fsp3) is 0.0909. The molecule has 2 N–H and O–H groups in total. The molecule has 0 aliphatic carbocycles. The van der Waals surface area contributed by atoms with E-state index in [-0.39, 0.29) is 13.8 Å². The quantitative estimate of drug-likeness (QED) is 0.0955. The van der Waals surface area contributed by atoms with E-state index in [4.69, 9.17) is 38.5 Å². The predicted octanol–water partition coefficient (Wildman–Crippen LogP) is 13.4. The molecule has 0 unspecified atom stereocenters. The summed E-state index contributed by atoms with van der Waals surface area (Å²) in [6.07, 6.45) is 0.497. The molecular weight excluding hydrogens is 817 g/mol. The maximum absolute atomic E-state index is 10.9. The number of carboxylic acids is 2. The van der Waals surface area contributed by atoms with Gasteiger partial charge in [-0.25, -0.2) is 14.8 Å². The zero-order valence-corrected chi connectivity index (χ0v) is 34.5. The molecule has 324 valence electrons. The van der Waals surface area contributed by atoms with Crippen LogP contribution < -0.4 is 9.47 Å². The molecule has 0 fully saturated rings. The fourth-order valence-corrected chi connectivity index (χ4v) is 7.02. The molecule has 9 rings (SSSR count). The first-order valence-electron chi connectivity index (χ1n) is 20.6. The van der Waals surface area contributed by atoms with Gasteiger partial charge in [0.2, 0.25) is 11.8 Å². The van der Waals surface area contributed by atoms with Gasteiger partial charge in [-0.15, -0.1) is 0 Å². The smallest absolute Gasteiger partial charge is 0.341 e. The van der Waals surface area contributed by atoms with Gasteiger partial charge in [0.15, 0.2) is 18.1 Å². The Morgan fingerprint density at radius 2 is 0.908 bits per heavy atom. The molecule has 0 atom stereocenters. The molecule has 0 amide bonds. The fourth-order valence-electron chi connectivity index (χ4n) is 7.02. The Hall–Kier alpha value is -8.50. The van der Waals surface area contributed by atoms with Crippen LogP contribution in [0.3, 0.4) is 0 Å². The van der Waals surface area contributed by atoms with Gasteiger partial charge in [-0.3, -0.25) is 4.79 Å². The van der Waals surface area contributed by atoms with Crippen molar-refractivity contribution >= 4 is 11.9 Å². The number of benzene rings is 7. The Balaban J connectivity index is 0.000000192. The number of para-hydroxylation sites is 1. The van der Waals surface area contributed by atoms with Crippen LogP contribution in [0, 0.1) is 0 Å². The van der Waals surface area contributed by atoms with Crippen LogP contribution in [0.1, 0.15) is 20.3 Å². The second kappa shape index (κ2) is 21.5. The van der Waals surface area contributed by atoms with Crippen molar-refractivity contribution in [2.45, 2.75) is 20.3 Å². The number of oxazole rings is 2. The van der Waals surface area contributed by atoms with Crippen molar-refractivity contribution < 1.29 is 38.1 Å². The lowest BCUT2D eigenvalue weighted by Crippen LogP contribution is -2.09. The zero-order valence-electron chi connectivity index (χ0n) is 34.5. The van der Waals surface area contributed by atoms with Crippen molar-refractivity contribution in [1.29, 1.82) is 0 Å². The summed E-state index contributed by atoms with van der Waals surface area (Å²) in [5.41, 5.74) is 8.70. The highest BCUT2D eigenvalue weighted by Crippen LogP contribution is 2.41. The highest BCUT2D eigenvalue weighted by atomic mass is 16.5. The Kier molecular flexibility index (Phi) is 14.8. The van der Waals surface area contributed by atoms with Crippen LogP contribution in [0.5, 0.6) is 11.5 Å². The summed E-state index contributed by atoms with van der Waals surface area (Å²) >= 11 is 0. The minimum absolute atomic E-state index is 0. The third-order valence-corrected chi connectivity index (χ3v) is 10.00. The largest absolute Gasteiger partial charge is 0.493 e. The van der Waals surface area contributed by atoms with Crippen LogP contribution in [0.15, 0.2) is 203 Å². The third kappa shape index (κ3) is 11.1. The van der Waals surface area contributed by atoms with Crippen LogP contribution in [0.4, 0.5) is 0 Å². The predicted molar refractivity (Wildman–Crippen MR) is 253 cm³/mol. The van der Waals surface area contributed by atoms with Crippen molar-refractivity contribution in [3.63, 3.8) is 0 Å². The third-order valence-electron chi connectivity index (χ3n) is 10.00. The van der Waals surface area contributed by atoms with Crippen molar-refractivity contribution in [3.05, 3.63) is 194 Å². The number of carbonyl (C=O) groups is 2. The average molecular weight is 863 g/mol. The molecule has 0 aliphatic rings. The van der Waals surface area contributed by atoms with Crippen molar-refractivity contribution in [3.8, 4) is 90.7 Å². The topological polar surface area (TPSA) is 145 Å². The number of carboxylic acid groups (broad SMARTS) is 2. The van der Waals surface area contributed by atoms with E-state index in [9.17, 15) is 9.59 Å². The maximum atomic E-state index is 10.9. The first-order chi connectivity index (χ1) is 31.4. The standard InChI is InChI=1S/C29H21NO4.C25H21NO4.CH4/c31-26(32)19-33-23-15-9-14-22(18-23)24-16-7-8-17-25(24)29-30-27(20-10-3-1-4-11-20)28(34-29)21-12-5-2-6-13-21;27-22(28)16-9-17-29-21-15-8-7-14-20(21)25-26-23(18-10-3-1-4-11-18)24(30-25)19-12-5-2-6-13-19;/h1-18H,19H2,(H,31,32);1-8,10-15H,9,16-17H2,(H,27,28);1H4. The molecule has 0 saturated heterocycles. The number of aliphatic carboxylic acids is 2. The highest BCUT2D eigenvalue weighted by molar-refractivity contribution is 5.85. The van der Waals surface area contributed by atoms with Crippen molar-refractivity contribution in [2.24, 2.45) is 0 Å². The van der Waals surface area contributed by atoms with E-state index in [1.54, 1.807) is 6.07 Å². The van der Waals surface area contributed by atoms with Crippen LogP contribution >= 0.6 is 0 Å². The Morgan fingerprint density at radius 3 is 1.43 bits per heavy atom. The molecule has 9 aromatic rings. The minimum atomic E-state index is -1.02. The number of aromatic nitrogens is 2. The summed E-state index contributed by atoms with van der Waals surface area (Å²) < 4.78 is 23.8. The van der Waals surface area contributed by atoms with E-state index < -0.39 is 18.5 Å². The molecule has 65 heavy (non-hydrogen) atoms. The SMILES string of the molecule is C.O=C(O)CCCOc1ccccc1-c1nc(-c2ccccc2)c(-c2ccccc2)o1.O=C(O)COc1cccc(-c2ccccc2-c2nc(-c3ccccc3)c(-c3ccccc3)o2)c1. The second-order valence-electron chi connectivity index (χ2n) is 14.5. The summed E-state index contributed by atoms with van der Waals surface area (Å²) in [7, 11) is 0. The number of hydrogen-bond acceptors (Lipinski definition) is 8. The summed E-state index contributed by atoms with van der Waals surface area (Å²) in [5, 5.41) is 17.7. The van der Waals surface area contributed by atoms with Gasteiger partial charge in [0.1, 0.15) is 22.9 Å². The van der Waals surface area contributed by atoms with Gasteiger partial charge in [-0.1, -0.05) is 171 Å². The summed E-state index contributed by atoms with van der Waals surface area (Å²) in [6.45, 7) is -0.0905. The van der Waals surface area contributed by atoms with Gasteiger partial charge >= 0.3 is 11.9 Å². The number of nitrogens with zero attached hydrogens (tertiary/aromatic N) is 2. The molecule has 2 heterocycles. The normalized spacial score (nSPS) is 10.5. The second-order valence-corrected chi connectivity index (χ2v) is 14.5. The van der Waals surface area contributed by atoms with Gasteiger partial charge < -0.3 is 28.5 Å². The van der Waals surface area contributed by atoms with Crippen molar-refractivity contribution in [2.75, 3.05) is 13.2 Å². The molecule has 10 heteroatoms. The molecule has 0 radical (unpaired) electrons. The number of ether oxygens (including phenoxy) is 2. The van der Waals surface area contributed by atoms with E-state index in [0.29, 0.717) is 47.8 Å². The highest BCUT2D eigenvalue weighted by Gasteiger charge is 2.22.